The van der Waals surface area contributed by atoms with E-state index in [9.17, 15) is 4.79 Å². The Balaban J connectivity index is 1.68. The third kappa shape index (κ3) is 4.41. The molecule has 0 spiro atoms. The molecule has 0 saturated heterocycles. The van der Waals surface area contributed by atoms with Crippen molar-refractivity contribution in [3.8, 4) is 5.75 Å². The Hall–Kier alpha value is -3.67. The molecule has 0 unspecified atom stereocenters. The van der Waals surface area contributed by atoms with Gasteiger partial charge in [-0.3, -0.25) is 9.20 Å². The molecule has 0 radical (unpaired) electrons. The van der Waals surface area contributed by atoms with Crippen molar-refractivity contribution in [1.29, 1.82) is 0 Å². The highest BCUT2D eigenvalue weighted by molar-refractivity contribution is 6.01. The molecule has 0 aliphatic heterocycles. The molecule has 0 aliphatic rings. The number of aryl methyl sites for hydroxylation is 2. The minimum absolute atomic E-state index is 0.171. The van der Waals surface area contributed by atoms with Gasteiger partial charge < -0.3 is 9.30 Å². The number of para-hydroxylation sites is 2. The monoisotopic (exact) mass is 468 g/mol. The van der Waals surface area contributed by atoms with Crippen LogP contribution in [0.2, 0.25) is 0 Å². The number of aromatic nitrogens is 4. The summed E-state index contributed by atoms with van der Waals surface area (Å²) in [6.07, 6.45) is 6.79. The zero-order chi connectivity index (χ0) is 24.4. The molecule has 0 aliphatic carbocycles. The van der Waals surface area contributed by atoms with Crippen LogP contribution < -0.4 is 4.74 Å². The molecule has 6 nitrogen and oxygen atoms in total. The molecule has 0 N–H and O–H groups in total. The number of esters is 1. The largest absolute Gasteiger partial charge is 0.424 e. The second-order valence-electron chi connectivity index (χ2n) is 9.23. The number of fused-ring (bicyclic) bond motifs is 5. The van der Waals surface area contributed by atoms with Gasteiger partial charge in [-0.15, -0.1) is 0 Å². The summed E-state index contributed by atoms with van der Waals surface area (Å²) < 4.78 is 10.2. The maximum Gasteiger partial charge on any atom is 0.311 e. The summed E-state index contributed by atoms with van der Waals surface area (Å²) in [7, 11) is 0. The van der Waals surface area contributed by atoms with E-state index < -0.39 is 0 Å². The van der Waals surface area contributed by atoms with Crippen LogP contribution in [0.5, 0.6) is 5.75 Å². The quantitative estimate of drug-likeness (QED) is 0.226. The summed E-state index contributed by atoms with van der Waals surface area (Å²) >= 11 is 0. The topological polar surface area (TPSA) is 61.4 Å². The van der Waals surface area contributed by atoms with Crippen LogP contribution in [0.1, 0.15) is 63.9 Å². The van der Waals surface area contributed by atoms with E-state index in [0.717, 1.165) is 65.6 Å². The molecule has 1 atom stereocenters. The van der Waals surface area contributed by atoms with E-state index in [4.69, 9.17) is 14.7 Å². The number of carbonyl (C=O) groups excluding carboxylic acids is 1. The van der Waals surface area contributed by atoms with Crippen LogP contribution in [-0.2, 0) is 17.6 Å². The van der Waals surface area contributed by atoms with Crippen LogP contribution in [-0.4, -0.2) is 24.9 Å². The summed E-state index contributed by atoms with van der Waals surface area (Å²) in [6, 6.07) is 18.8. The molecule has 0 bridgehead atoms. The van der Waals surface area contributed by atoms with Crippen LogP contribution in [0, 0.1) is 0 Å². The van der Waals surface area contributed by atoms with Gasteiger partial charge >= 0.3 is 5.97 Å². The van der Waals surface area contributed by atoms with Crippen molar-refractivity contribution < 1.29 is 9.53 Å². The highest BCUT2D eigenvalue weighted by Gasteiger charge is 2.24. The first kappa shape index (κ1) is 23.1. The first-order chi connectivity index (χ1) is 17.1. The lowest BCUT2D eigenvalue weighted by Crippen LogP contribution is -2.08. The first-order valence-electron chi connectivity index (χ1n) is 12.7. The molecular formula is C29H32N4O2. The molecule has 35 heavy (non-hydrogen) atoms. The van der Waals surface area contributed by atoms with Gasteiger partial charge in [0.15, 0.2) is 11.4 Å². The number of rotatable bonds is 9. The molecule has 5 rings (SSSR count). The normalized spacial score (nSPS) is 12.5. The predicted molar refractivity (Wildman–Crippen MR) is 140 cm³/mol. The Morgan fingerprint density at radius 1 is 0.943 bits per heavy atom. The average molecular weight is 469 g/mol. The van der Waals surface area contributed by atoms with Gasteiger partial charge in [-0.2, -0.15) is 0 Å². The fourth-order valence-corrected chi connectivity index (χ4v) is 4.78. The molecule has 5 aromatic rings. The van der Waals surface area contributed by atoms with E-state index in [2.05, 4.69) is 53.1 Å². The third-order valence-electron chi connectivity index (χ3n) is 6.57. The van der Waals surface area contributed by atoms with Gasteiger partial charge in [0.2, 0.25) is 0 Å². The second-order valence-corrected chi connectivity index (χ2v) is 9.23. The Morgan fingerprint density at radius 3 is 2.49 bits per heavy atom. The molecule has 2 aromatic carbocycles. The lowest BCUT2D eigenvalue weighted by Gasteiger charge is -2.15. The SMILES string of the molecule is CCCC(=O)Oc1cn([C@H](C)CCc2ccccc2)c2nc(CCC)n3c4ccccc4nc3c12. The molecule has 0 amide bonds. The van der Waals surface area contributed by atoms with Crippen LogP contribution >= 0.6 is 0 Å². The zero-order valence-corrected chi connectivity index (χ0v) is 20.7. The van der Waals surface area contributed by atoms with Crippen molar-refractivity contribution in [3.05, 3.63) is 72.2 Å². The zero-order valence-electron chi connectivity index (χ0n) is 20.7. The molecular weight excluding hydrogens is 436 g/mol. The van der Waals surface area contributed by atoms with E-state index in [0.29, 0.717) is 12.2 Å². The Kier molecular flexibility index (Phi) is 6.53. The lowest BCUT2D eigenvalue weighted by atomic mass is 10.1. The third-order valence-corrected chi connectivity index (χ3v) is 6.57. The van der Waals surface area contributed by atoms with Gasteiger partial charge in [-0.25, -0.2) is 9.97 Å². The highest BCUT2D eigenvalue weighted by Crippen LogP contribution is 2.36. The lowest BCUT2D eigenvalue weighted by molar-refractivity contribution is -0.134. The van der Waals surface area contributed by atoms with E-state index in [-0.39, 0.29) is 12.0 Å². The summed E-state index contributed by atoms with van der Waals surface area (Å²) in [6.45, 7) is 6.35. The minimum Gasteiger partial charge on any atom is -0.424 e. The van der Waals surface area contributed by atoms with Crippen LogP contribution in [0.25, 0.3) is 27.7 Å². The smallest absolute Gasteiger partial charge is 0.311 e. The number of hydrogen-bond donors (Lipinski definition) is 0. The number of ether oxygens (including phenoxy) is 1. The maximum atomic E-state index is 12.5. The highest BCUT2D eigenvalue weighted by atomic mass is 16.5. The van der Waals surface area contributed by atoms with Crippen molar-refractivity contribution in [3.63, 3.8) is 0 Å². The van der Waals surface area contributed by atoms with E-state index in [1.54, 1.807) is 0 Å². The summed E-state index contributed by atoms with van der Waals surface area (Å²) in [4.78, 5) is 22.7. The van der Waals surface area contributed by atoms with E-state index in [1.165, 1.54) is 5.56 Å². The van der Waals surface area contributed by atoms with Crippen molar-refractivity contribution in [2.24, 2.45) is 0 Å². The number of imidazole rings is 1. The van der Waals surface area contributed by atoms with E-state index in [1.807, 2.05) is 37.4 Å². The molecule has 180 valence electrons. The molecule has 0 saturated carbocycles. The number of benzene rings is 2. The molecule has 6 heteroatoms. The first-order valence-corrected chi connectivity index (χ1v) is 12.7. The number of carbonyl (C=O) groups is 1. The predicted octanol–water partition coefficient (Wildman–Crippen LogP) is 6.69. The Labute approximate surface area is 205 Å². The number of nitrogens with zero attached hydrogens (tertiary/aromatic N) is 4. The van der Waals surface area contributed by atoms with Crippen molar-refractivity contribution >= 4 is 33.7 Å². The van der Waals surface area contributed by atoms with E-state index >= 15 is 0 Å². The van der Waals surface area contributed by atoms with Crippen LogP contribution in [0.15, 0.2) is 60.8 Å². The van der Waals surface area contributed by atoms with Gasteiger partial charge in [0.25, 0.3) is 0 Å². The summed E-state index contributed by atoms with van der Waals surface area (Å²) in [5.74, 6) is 1.29. The molecule has 3 heterocycles. The van der Waals surface area contributed by atoms with Crippen molar-refractivity contribution in [1.82, 2.24) is 18.9 Å². The van der Waals surface area contributed by atoms with Gasteiger partial charge in [0.1, 0.15) is 16.9 Å². The minimum atomic E-state index is -0.226. The summed E-state index contributed by atoms with van der Waals surface area (Å²) in [5, 5.41) is 0.803. The van der Waals surface area contributed by atoms with Crippen LogP contribution in [0.4, 0.5) is 0 Å². The van der Waals surface area contributed by atoms with Gasteiger partial charge in [0.05, 0.1) is 11.0 Å². The molecule has 0 fully saturated rings. The fraction of sp³-hybridized carbons (Fsp3) is 0.345. The van der Waals surface area contributed by atoms with Gasteiger partial charge in [0, 0.05) is 25.1 Å². The number of hydrogen-bond acceptors (Lipinski definition) is 4. The van der Waals surface area contributed by atoms with Gasteiger partial charge in [-0.05, 0) is 50.3 Å². The van der Waals surface area contributed by atoms with Gasteiger partial charge in [-0.1, -0.05) is 56.3 Å². The summed E-state index contributed by atoms with van der Waals surface area (Å²) in [5.41, 5.74) is 4.88. The Morgan fingerprint density at radius 2 is 1.71 bits per heavy atom. The standard InChI is InChI=1S/C29H32N4O2/c1-4-11-25-31-28-27(29-30-22-15-9-10-16-23(22)33(25)29)24(35-26(34)12-5-2)19-32(28)20(3)17-18-21-13-7-6-8-14-21/h6-10,13-16,19-20H,4-5,11-12,17-18H2,1-3H3/t20-/m1/s1. The maximum absolute atomic E-state index is 12.5. The Bertz CT molecular complexity index is 1480. The molecule has 3 aromatic heterocycles. The van der Waals surface area contributed by atoms with Crippen molar-refractivity contribution in [2.75, 3.05) is 0 Å². The average Bonchev–Trinajstić information content (AvgIpc) is 3.42. The fourth-order valence-electron chi connectivity index (χ4n) is 4.78. The second kappa shape index (κ2) is 9.90. The van der Waals surface area contributed by atoms with Crippen LogP contribution in [0.3, 0.4) is 0 Å². The van der Waals surface area contributed by atoms with Crippen molar-refractivity contribution in [2.45, 2.75) is 65.3 Å².